The lowest BCUT2D eigenvalue weighted by atomic mass is 10.5. The third-order valence-corrected chi connectivity index (χ3v) is 2.04. The van der Waals surface area contributed by atoms with Crippen molar-refractivity contribution in [3.63, 3.8) is 0 Å². The number of nitrogens with one attached hydrogen (secondary N) is 1. The molecule has 1 atom stereocenters. The Kier molecular flexibility index (Phi) is 2.77. The maximum absolute atomic E-state index is 8.67. The van der Waals surface area contributed by atoms with Crippen LogP contribution < -0.4 is 0 Å². The molecule has 0 saturated carbocycles. The first-order valence-electron chi connectivity index (χ1n) is 3.10. The molecule has 1 rings (SSSR count). The van der Waals surface area contributed by atoms with Crippen molar-refractivity contribution in [3.05, 3.63) is 12.4 Å². The Morgan fingerprint density at radius 1 is 1.90 bits per heavy atom. The smallest absolute Gasteiger partial charge is 0.165 e. The lowest BCUT2D eigenvalue weighted by Gasteiger charge is -2.02. The van der Waals surface area contributed by atoms with Crippen LogP contribution in [0.1, 0.15) is 6.92 Å². The molecular weight excluding hydrogens is 148 g/mol. The number of nitrogens with zero attached hydrogens (tertiary/aromatic N) is 1. The van der Waals surface area contributed by atoms with Gasteiger partial charge in [-0.15, -0.1) is 0 Å². The van der Waals surface area contributed by atoms with E-state index >= 15 is 0 Å². The van der Waals surface area contributed by atoms with E-state index in [1.807, 2.05) is 6.92 Å². The summed E-state index contributed by atoms with van der Waals surface area (Å²) in [5.41, 5.74) is 0. The van der Waals surface area contributed by atoms with E-state index in [2.05, 4.69) is 9.97 Å². The summed E-state index contributed by atoms with van der Waals surface area (Å²) in [5.74, 6) is 0. The molecule has 0 aliphatic carbocycles. The van der Waals surface area contributed by atoms with E-state index in [4.69, 9.17) is 5.11 Å². The van der Waals surface area contributed by atoms with Crippen LogP contribution in [0.5, 0.6) is 0 Å². The number of aromatic amines is 1. The maximum atomic E-state index is 8.67. The third-order valence-electron chi connectivity index (χ3n) is 1.04. The number of thioether (sulfide) groups is 1. The second kappa shape index (κ2) is 3.63. The summed E-state index contributed by atoms with van der Waals surface area (Å²) in [6.45, 7) is 2.14. The molecule has 10 heavy (non-hydrogen) atoms. The van der Waals surface area contributed by atoms with Crippen LogP contribution in [0.3, 0.4) is 0 Å². The van der Waals surface area contributed by atoms with Gasteiger partial charge in [-0.05, 0) is 0 Å². The summed E-state index contributed by atoms with van der Waals surface area (Å²) in [7, 11) is 0. The number of hydrogen-bond donors (Lipinski definition) is 2. The minimum atomic E-state index is 0.186. The molecule has 56 valence electrons. The number of aliphatic hydroxyl groups is 1. The van der Waals surface area contributed by atoms with Gasteiger partial charge in [0.25, 0.3) is 0 Å². The average molecular weight is 158 g/mol. The molecule has 0 aliphatic rings. The van der Waals surface area contributed by atoms with Gasteiger partial charge in [-0.2, -0.15) is 0 Å². The molecule has 1 aromatic heterocycles. The maximum Gasteiger partial charge on any atom is 0.165 e. The zero-order valence-corrected chi connectivity index (χ0v) is 6.56. The molecule has 1 aromatic rings. The van der Waals surface area contributed by atoms with Crippen LogP contribution in [-0.4, -0.2) is 26.9 Å². The van der Waals surface area contributed by atoms with Crippen molar-refractivity contribution in [2.24, 2.45) is 0 Å². The fourth-order valence-corrected chi connectivity index (χ4v) is 1.26. The molecule has 3 nitrogen and oxygen atoms in total. The second-order valence-corrected chi connectivity index (χ2v) is 3.43. The number of aliphatic hydroxyl groups excluding tert-OH is 1. The standard InChI is InChI=1S/C6H10N2OS/c1-5(4-9)10-6-7-2-3-8-6/h2-3,5,9H,4H2,1H3,(H,7,8). The zero-order chi connectivity index (χ0) is 7.40. The summed E-state index contributed by atoms with van der Waals surface area (Å²) in [5, 5.41) is 9.75. The van der Waals surface area contributed by atoms with Gasteiger partial charge in [-0.25, -0.2) is 4.98 Å². The van der Waals surface area contributed by atoms with E-state index in [-0.39, 0.29) is 11.9 Å². The van der Waals surface area contributed by atoms with Gasteiger partial charge in [0.1, 0.15) is 0 Å². The highest BCUT2D eigenvalue weighted by atomic mass is 32.2. The van der Waals surface area contributed by atoms with E-state index in [1.54, 1.807) is 12.4 Å². The number of hydrogen-bond acceptors (Lipinski definition) is 3. The van der Waals surface area contributed by atoms with Gasteiger partial charge >= 0.3 is 0 Å². The van der Waals surface area contributed by atoms with Gasteiger partial charge in [-0.1, -0.05) is 18.7 Å². The molecule has 0 spiro atoms. The largest absolute Gasteiger partial charge is 0.395 e. The Morgan fingerprint density at radius 3 is 3.20 bits per heavy atom. The average Bonchev–Trinajstić information content (AvgIpc) is 2.40. The monoisotopic (exact) mass is 158 g/mol. The summed E-state index contributed by atoms with van der Waals surface area (Å²) in [4.78, 5) is 6.94. The van der Waals surface area contributed by atoms with Gasteiger partial charge in [0, 0.05) is 17.6 Å². The first-order valence-corrected chi connectivity index (χ1v) is 3.98. The fourth-order valence-electron chi connectivity index (χ4n) is 0.543. The van der Waals surface area contributed by atoms with Crippen molar-refractivity contribution in [2.45, 2.75) is 17.3 Å². The Morgan fingerprint density at radius 2 is 2.70 bits per heavy atom. The van der Waals surface area contributed by atoms with Crippen molar-refractivity contribution >= 4 is 11.8 Å². The highest BCUT2D eigenvalue weighted by Crippen LogP contribution is 2.17. The molecule has 0 bridgehead atoms. The Bertz CT molecular complexity index is 176. The molecule has 0 aliphatic heterocycles. The molecule has 0 amide bonds. The highest BCUT2D eigenvalue weighted by molar-refractivity contribution is 7.99. The molecule has 1 unspecified atom stereocenters. The summed E-state index contributed by atoms with van der Waals surface area (Å²) in [6.07, 6.45) is 3.47. The van der Waals surface area contributed by atoms with E-state index < -0.39 is 0 Å². The zero-order valence-electron chi connectivity index (χ0n) is 5.74. The first-order chi connectivity index (χ1) is 4.83. The quantitative estimate of drug-likeness (QED) is 0.642. The van der Waals surface area contributed by atoms with Crippen molar-refractivity contribution in [1.82, 2.24) is 9.97 Å². The van der Waals surface area contributed by atoms with Crippen LogP contribution in [0.15, 0.2) is 17.6 Å². The predicted octanol–water partition coefficient (Wildman–Crippen LogP) is 0.883. The van der Waals surface area contributed by atoms with Gasteiger partial charge in [-0.3, -0.25) is 0 Å². The van der Waals surface area contributed by atoms with E-state index in [0.717, 1.165) is 5.16 Å². The first kappa shape index (κ1) is 7.63. The van der Waals surface area contributed by atoms with Gasteiger partial charge in [0.2, 0.25) is 0 Å². The Labute approximate surface area is 63.9 Å². The topological polar surface area (TPSA) is 48.9 Å². The molecule has 1 heterocycles. The van der Waals surface area contributed by atoms with E-state index in [9.17, 15) is 0 Å². The van der Waals surface area contributed by atoms with Crippen LogP contribution in [0.2, 0.25) is 0 Å². The van der Waals surface area contributed by atoms with E-state index in [0.29, 0.717) is 0 Å². The van der Waals surface area contributed by atoms with Crippen LogP contribution in [0.4, 0.5) is 0 Å². The molecule has 0 saturated heterocycles. The molecule has 0 fully saturated rings. The van der Waals surface area contributed by atoms with Crippen LogP contribution in [-0.2, 0) is 0 Å². The minimum absolute atomic E-state index is 0.186. The molecule has 4 heteroatoms. The van der Waals surface area contributed by atoms with Gasteiger partial charge in [0.15, 0.2) is 5.16 Å². The Balaban J connectivity index is 2.40. The SMILES string of the molecule is CC(CO)Sc1ncc[nH]1. The number of aromatic nitrogens is 2. The molecular formula is C6H10N2OS. The van der Waals surface area contributed by atoms with Gasteiger partial charge in [0.05, 0.1) is 6.61 Å². The lowest BCUT2D eigenvalue weighted by molar-refractivity contribution is 0.300. The number of H-pyrrole nitrogens is 1. The van der Waals surface area contributed by atoms with Crippen molar-refractivity contribution in [2.75, 3.05) is 6.61 Å². The second-order valence-electron chi connectivity index (χ2n) is 2.01. The number of imidazole rings is 1. The molecule has 0 aromatic carbocycles. The minimum Gasteiger partial charge on any atom is -0.395 e. The lowest BCUT2D eigenvalue weighted by Crippen LogP contribution is -2.01. The fraction of sp³-hybridized carbons (Fsp3) is 0.500. The predicted molar refractivity (Wildman–Crippen MR) is 41.0 cm³/mol. The van der Waals surface area contributed by atoms with Crippen LogP contribution >= 0.6 is 11.8 Å². The van der Waals surface area contributed by atoms with Crippen molar-refractivity contribution in [1.29, 1.82) is 0 Å². The van der Waals surface area contributed by atoms with Crippen LogP contribution in [0, 0.1) is 0 Å². The van der Waals surface area contributed by atoms with E-state index in [1.165, 1.54) is 11.8 Å². The third kappa shape index (κ3) is 2.04. The summed E-state index contributed by atoms with van der Waals surface area (Å²) < 4.78 is 0. The van der Waals surface area contributed by atoms with Crippen LogP contribution in [0.25, 0.3) is 0 Å². The summed E-state index contributed by atoms with van der Waals surface area (Å²) >= 11 is 1.53. The van der Waals surface area contributed by atoms with Crippen molar-refractivity contribution < 1.29 is 5.11 Å². The van der Waals surface area contributed by atoms with Crippen molar-refractivity contribution in [3.8, 4) is 0 Å². The molecule has 2 N–H and O–H groups in total. The normalized spacial score (nSPS) is 13.4. The number of rotatable bonds is 3. The van der Waals surface area contributed by atoms with Gasteiger partial charge < -0.3 is 10.1 Å². The molecule has 0 radical (unpaired) electrons. The highest BCUT2D eigenvalue weighted by Gasteiger charge is 2.02. The summed E-state index contributed by atoms with van der Waals surface area (Å²) in [6, 6.07) is 0. The Hall–Kier alpha value is -0.480.